The Kier molecular flexibility index (Phi) is 5.46. The molecule has 2 heterocycles. The minimum atomic E-state index is -0.329. The van der Waals surface area contributed by atoms with Crippen LogP contribution in [0.3, 0.4) is 0 Å². The topological polar surface area (TPSA) is 70.4 Å². The van der Waals surface area contributed by atoms with Crippen molar-refractivity contribution in [3.05, 3.63) is 71.3 Å². The molecule has 3 fully saturated rings. The normalized spacial score (nSPS) is 25.5. The molecule has 5 heteroatoms. The van der Waals surface area contributed by atoms with Crippen LogP contribution in [-0.2, 0) is 16.8 Å². The van der Waals surface area contributed by atoms with E-state index in [4.69, 9.17) is 4.74 Å². The van der Waals surface area contributed by atoms with Gasteiger partial charge in [0.1, 0.15) is 6.61 Å². The summed E-state index contributed by atoms with van der Waals surface area (Å²) in [5.74, 6) is 0.0905. The van der Waals surface area contributed by atoms with Gasteiger partial charge in [-0.2, -0.15) is 5.26 Å². The second kappa shape index (κ2) is 8.43. The predicted molar refractivity (Wildman–Crippen MR) is 120 cm³/mol. The molecular weight excluding hydrogens is 400 g/mol. The summed E-state index contributed by atoms with van der Waals surface area (Å²) in [7, 11) is 0. The van der Waals surface area contributed by atoms with E-state index in [-0.39, 0.29) is 41.9 Å². The third kappa shape index (κ3) is 3.90. The Morgan fingerprint density at radius 2 is 1.66 bits per heavy atom. The molecular formula is C27H28N2O3. The van der Waals surface area contributed by atoms with Crippen molar-refractivity contribution in [1.29, 1.82) is 5.26 Å². The van der Waals surface area contributed by atoms with E-state index in [1.165, 1.54) is 0 Å². The summed E-state index contributed by atoms with van der Waals surface area (Å²) in [5.41, 5.74) is 2.38. The lowest BCUT2D eigenvalue weighted by Crippen LogP contribution is -2.55. The number of carbonyl (C=O) groups is 2. The molecule has 5 nitrogen and oxygen atoms in total. The second-order valence-corrected chi connectivity index (χ2v) is 9.49. The maximum atomic E-state index is 13.3. The van der Waals surface area contributed by atoms with Crippen molar-refractivity contribution in [3.63, 3.8) is 0 Å². The van der Waals surface area contributed by atoms with E-state index in [0.29, 0.717) is 18.4 Å². The zero-order valence-electron chi connectivity index (χ0n) is 18.2. The molecule has 164 valence electrons. The van der Waals surface area contributed by atoms with Gasteiger partial charge in [0.2, 0.25) is 0 Å². The van der Waals surface area contributed by atoms with E-state index in [2.05, 4.69) is 6.07 Å². The number of nitrogens with zero attached hydrogens (tertiary/aromatic N) is 2. The Labute approximate surface area is 189 Å². The van der Waals surface area contributed by atoms with E-state index < -0.39 is 0 Å². The highest BCUT2D eigenvalue weighted by Crippen LogP contribution is 2.47. The van der Waals surface area contributed by atoms with Gasteiger partial charge in [0.05, 0.1) is 11.5 Å². The number of hydrogen-bond acceptors (Lipinski definition) is 4. The fourth-order valence-corrected chi connectivity index (χ4v) is 5.47. The first-order valence-electron chi connectivity index (χ1n) is 11.6. The number of rotatable bonds is 5. The van der Waals surface area contributed by atoms with E-state index in [1.54, 1.807) is 0 Å². The molecule has 3 aliphatic rings. The van der Waals surface area contributed by atoms with Crippen LogP contribution in [0.4, 0.5) is 4.79 Å². The maximum Gasteiger partial charge on any atom is 0.410 e. The van der Waals surface area contributed by atoms with Crippen LogP contribution in [0.2, 0.25) is 0 Å². The van der Waals surface area contributed by atoms with Crippen LogP contribution in [-0.4, -0.2) is 28.9 Å². The molecule has 32 heavy (non-hydrogen) atoms. The molecule has 2 atom stereocenters. The molecule has 0 aromatic heterocycles. The van der Waals surface area contributed by atoms with Gasteiger partial charge >= 0.3 is 6.09 Å². The number of benzene rings is 2. The molecule has 2 aliphatic heterocycles. The number of carbonyl (C=O) groups excluding carboxylic acids is 2. The van der Waals surface area contributed by atoms with Crippen LogP contribution < -0.4 is 0 Å². The zero-order valence-corrected chi connectivity index (χ0v) is 18.2. The lowest BCUT2D eigenvalue weighted by atomic mass is 9.75. The molecule has 1 aliphatic carbocycles. The van der Waals surface area contributed by atoms with Gasteiger partial charge < -0.3 is 9.64 Å². The Hall–Kier alpha value is -3.13. The zero-order chi connectivity index (χ0) is 22.1. The first-order chi connectivity index (χ1) is 15.6. The summed E-state index contributed by atoms with van der Waals surface area (Å²) in [4.78, 5) is 28.1. The minimum Gasteiger partial charge on any atom is -0.445 e. The summed E-state index contributed by atoms with van der Waals surface area (Å²) < 4.78 is 5.62. The largest absolute Gasteiger partial charge is 0.445 e. The monoisotopic (exact) mass is 428 g/mol. The molecule has 1 saturated carbocycles. The van der Waals surface area contributed by atoms with Crippen molar-refractivity contribution in [3.8, 4) is 6.07 Å². The van der Waals surface area contributed by atoms with Crippen LogP contribution in [0.25, 0.3) is 0 Å². The average Bonchev–Trinajstić information content (AvgIpc) is 3.63. The van der Waals surface area contributed by atoms with Gasteiger partial charge in [-0.15, -0.1) is 0 Å². The third-order valence-electron chi connectivity index (χ3n) is 7.45. The van der Waals surface area contributed by atoms with Crippen LogP contribution in [0, 0.1) is 17.2 Å². The van der Waals surface area contributed by atoms with Crippen molar-refractivity contribution in [2.75, 3.05) is 0 Å². The summed E-state index contributed by atoms with van der Waals surface area (Å²) in [6, 6.07) is 19.9. The van der Waals surface area contributed by atoms with Gasteiger partial charge in [0.15, 0.2) is 5.78 Å². The Bertz CT molecular complexity index is 1020. The van der Waals surface area contributed by atoms with Gasteiger partial charge in [0, 0.05) is 23.6 Å². The van der Waals surface area contributed by atoms with Crippen molar-refractivity contribution < 1.29 is 14.3 Å². The van der Waals surface area contributed by atoms with Gasteiger partial charge in [-0.25, -0.2) is 4.79 Å². The van der Waals surface area contributed by atoms with Crippen molar-refractivity contribution in [1.82, 2.24) is 4.90 Å². The lowest BCUT2D eigenvalue weighted by Gasteiger charge is -2.47. The van der Waals surface area contributed by atoms with E-state index in [1.807, 2.05) is 59.5 Å². The highest BCUT2D eigenvalue weighted by Gasteiger charge is 2.45. The van der Waals surface area contributed by atoms with Crippen LogP contribution in [0.5, 0.6) is 0 Å². The number of ketones is 1. The number of amides is 1. The number of fused-ring (bicyclic) bond motifs is 2. The van der Waals surface area contributed by atoms with E-state index in [0.717, 1.165) is 43.2 Å². The Morgan fingerprint density at radius 1 is 1.00 bits per heavy atom. The molecule has 2 bridgehead atoms. The second-order valence-electron chi connectivity index (χ2n) is 9.49. The lowest BCUT2D eigenvalue weighted by molar-refractivity contribution is 0.00473. The minimum absolute atomic E-state index is 0.0623. The maximum absolute atomic E-state index is 13.3. The SMILES string of the molecule is N#CC1(c2ccc(C(=O)C3CC4CCCC(C3)N4C(=O)OCc3ccccc3)cc2)CC1. The fraction of sp³-hybridized carbons (Fsp3) is 0.444. The van der Waals surface area contributed by atoms with Crippen molar-refractivity contribution in [2.45, 2.75) is 69.1 Å². The molecule has 0 radical (unpaired) electrons. The van der Waals surface area contributed by atoms with Gasteiger partial charge in [-0.3, -0.25) is 4.79 Å². The average molecular weight is 429 g/mol. The van der Waals surface area contributed by atoms with Crippen LogP contribution >= 0.6 is 0 Å². The molecule has 2 saturated heterocycles. The predicted octanol–water partition coefficient (Wildman–Crippen LogP) is 5.39. The summed E-state index contributed by atoms with van der Waals surface area (Å²) in [6.45, 7) is 0.272. The highest BCUT2D eigenvalue weighted by atomic mass is 16.6. The third-order valence-corrected chi connectivity index (χ3v) is 7.45. The van der Waals surface area contributed by atoms with Gasteiger partial charge in [-0.1, -0.05) is 54.6 Å². The number of piperidine rings is 2. The number of nitriles is 1. The quantitative estimate of drug-likeness (QED) is 0.598. The number of hydrogen-bond donors (Lipinski definition) is 0. The molecule has 5 rings (SSSR count). The highest BCUT2D eigenvalue weighted by molar-refractivity contribution is 5.98. The first kappa shape index (κ1) is 20.8. The summed E-state index contributed by atoms with van der Waals surface area (Å²) >= 11 is 0. The van der Waals surface area contributed by atoms with E-state index in [9.17, 15) is 14.9 Å². The summed E-state index contributed by atoms with van der Waals surface area (Å²) in [6.07, 6.45) is 5.86. The standard InChI is InChI=1S/C27H28N2O3/c28-18-27(13-14-27)22-11-9-20(10-12-22)25(30)21-15-23-7-4-8-24(16-21)29(23)26(31)32-17-19-5-2-1-3-6-19/h1-3,5-6,9-12,21,23-24H,4,7-8,13-17H2. The van der Waals surface area contributed by atoms with E-state index >= 15 is 0 Å². The van der Waals surface area contributed by atoms with Crippen molar-refractivity contribution >= 4 is 11.9 Å². The van der Waals surface area contributed by atoms with Crippen LogP contribution in [0.15, 0.2) is 54.6 Å². The molecule has 0 N–H and O–H groups in total. The fourth-order valence-electron chi connectivity index (χ4n) is 5.47. The molecule has 2 aromatic rings. The summed E-state index contributed by atoms with van der Waals surface area (Å²) in [5, 5.41) is 9.40. The molecule has 0 spiro atoms. The molecule has 1 amide bonds. The number of ether oxygens (including phenoxy) is 1. The first-order valence-corrected chi connectivity index (χ1v) is 11.6. The Balaban J connectivity index is 1.24. The molecule has 2 unspecified atom stereocenters. The van der Waals surface area contributed by atoms with Crippen molar-refractivity contribution in [2.24, 2.45) is 5.92 Å². The van der Waals surface area contributed by atoms with Gasteiger partial charge in [0.25, 0.3) is 0 Å². The van der Waals surface area contributed by atoms with Gasteiger partial charge in [-0.05, 0) is 56.1 Å². The molecule has 2 aromatic carbocycles. The van der Waals surface area contributed by atoms with Crippen LogP contribution in [0.1, 0.15) is 66.4 Å². The smallest absolute Gasteiger partial charge is 0.410 e. The Morgan fingerprint density at radius 3 is 2.25 bits per heavy atom. The number of Topliss-reactive ketones (excluding diaryl/α,β-unsaturated/α-hetero) is 1.